The molecule has 0 heterocycles. The Hall–Kier alpha value is -2.82. The van der Waals surface area contributed by atoms with Crippen LogP contribution in [0.25, 0.3) is 0 Å². The Kier molecular flexibility index (Phi) is 5.95. The van der Waals surface area contributed by atoms with Gasteiger partial charge in [-0.3, -0.25) is 4.79 Å². The Morgan fingerprint density at radius 2 is 1.71 bits per heavy atom. The number of anilines is 2. The minimum absolute atomic E-state index is 0.100. The molecular formula is C19H22N2O3. The fourth-order valence-electron chi connectivity index (χ4n) is 2.71. The van der Waals surface area contributed by atoms with E-state index in [0.717, 1.165) is 30.5 Å². The van der Waals surface area contributed by atoms with Gasteiger partial charge in [-0.15, -0.1) is 0 Å². The zero-order valence-electron chi connectivity index (χ0n) is 13.9. The Labute approximate surface area is 141 Å². The van der Waals surface area contributed by atoms with Gasteiger partial charge in [0.15, 0.2) is 0 Å². The lowest BCUT2D eigenvalue weighted by Gasteiger charge is -2.10. The van der Waals surface area contributed by atoms with Crippen molar-refractivity contribution in [3.63, 3.8) is 0 Å². The summed E-state index contributed by atoms with van der Waals surface area (Å²) in [5, 5.41) is 14.8. The smallest absolute Gasteiger partial charge is 0.337 e. The molecule has 0 atom stereocenters. The van der Waals surface area contributed by atoms with Crippen molar-refractivity contribution in [2.45, 2.75) is 26.2 Å². The van der Waals surface area contributed by atoms with E-state index in [2.05, 4.69) is 35.8 Å². The summed E-state index contributed by atoms with van der Waals surface area (Å²) in [5.41, 5.74) is 5.06. The van der Waals surface area contributed by atoms with Crippen LogP contribution in [-0.2, 0) is 17.6 Å². The van der Waals surface area contributed by atoms with Crippen molar-refractivity contribution < 1.29 is 14.7 Å². The van der Waals surface area contributed by atoms with Crippen molar-refractivity contribution in [2.24, 2.45) is 0 Å². The van der Waals surface area contributed by atoms with Crippen LogP contribution < -0.4 is 10.6 Å². The molecule has 0 aliphatic rings. The molecule has 3 N–H and O–H groups in total. The van der Waals surface area contributed by atoms with Crippen LogP contribution in [-0.4, -0.2) is 24.5 Å². The number of hydrogen-bond acceptors (Lipinski definition) is 3. The summed E-state index contributed by atoms with van der Waals surface area (Å²) in [6.07, 6.45) is 3.19. The van der Waals surface area contributed by atoms with Crippen LogP contribution in [0.2, 0.25) is 0 Å². The number of rotatable bonds is 8. The highest BCUT2D eigenvalue weighted by atomic mass is 16.4. The zero-order chi connectivity index (χ0) is 17.5. The summed E-state index contributed by atoms with van der Waals surface area (Å²) in [6, 6.07) is 11.5. The number of carboxylic acids is 1. The van der Waals surface area contributed by atoms with Crippen molar-refractivity contribution in [3.05, 3.63) is 58.7 Å². The van der Waals surface area contributed by atoms with Crippen molar-refractivity contribution in [1.29, 1.82) is 0 Å². The van der Waals surface area contributed by atoms with E-state index in [4.69, 9.17) is 5.11 Å². The van der Waals surface area contributed by atoms with Crippen LogP contribution in [0.1, 0.15) is 33.5 Å². The first-order valence-corrected chi connectivity index (χ1v) is 7.89. The minimum Gasteiger partial charge on any atom is -0.478 e. The Bertz CT molecular complexity index is 741. The van der Waals surface area contributed by atoms with E-state index >= 15 is 0 Å². The largest absolute Gasteiger partial charge is 0.478 e. The predicted molar refractivity (Wildman–Crippen MR) is 95.8 cm³/mol. The second-order valence-electron chi connectivity index (χ2n) is 5.70. The van der Waals surface area contributed by atoms with Crippen LogP contribution in [0.3, 0.4) is 0 Å². The molecule has 0 aromatic heterocycles. The van der Waals surface area contributed by atoms with E-state index < -0.39 is 5.97 Å². The number of hydrogen-bond donors (Lipinski definition) is 3. The van der Waals surface area contributed by atoms with Crippen molar-refractivity contribution in [3.8, 4) is 0 Å². The average molecular weight is 326 g/mol. The maximum Gasteiger partial charge on any atom is 0.337 e. The van der Waals surface area contributed by atoms with E-state index in [1.807, 2.05) is 7.05 Å². The molecule has 24 heavy (non-hydrogen) atoms. The van der Waals surface area contributed by atoms with E-state index in [9.17, 15) is 9.59 Å². The lowest BCUT2D eigenvalue weighted by molar-refractivity contribution is -0.105. The van der Waals surface area contributed by atoms with Gasteiger partial charge in [-0.1, -0.05) is 18.2 Å². The zero-order valence-corrected chi connectivity index (χ0v) is 13.9. The quantitative estimate of drug-likeness (QED) is 0.649. The Balaban J connectivity index is 2.03. The molecule has 126 valence electrons. The number of carbonyl (C=O) groups excluding carboxylic acids is 1. The third-order valence-corrected chi connectivity index (χ3v) is 4.03. The number of aryl methyl sites for hydroxylation is 3. The van der Waals surface area contributed by atoms with Gasteiger partial charge in [0.25, 0.3) is 0 Å². The van der Waals surface area contributed by atoms with Crippen LogP contribution in [0.4, 0.5) is 11.4 Å². The van der Waals surface area contributed by atoms with E-state index in [1.54, 1.807) is 12.1 Å². The molecule has 2 aromatic carbocycles. The summed E-state index contributed by atoms with van der Waals surface area (Å²) >= 11 is 0. The number of carboxylic acid groups (broad SMARTS) is 1. The highest BCUT2D eigenvalue weighted by Crippen LogP contribution is 2.20. The van der Waals surface area contributed by atoms with E-state index in [-0.39, 0.29) is 5.56 Å². The third-order valence-electron chi connectivity index (χ3n) is 4.03. The minimum atomic E-state index is -1.05. The molecular weight excluding hydrogens is 304 g/mol. The normalized spacial score (nSPS) is 10.2. The SMILES string of the molecule is CNc1cc(CCCc2ccc(C(=O)O)c(NC=O)c2)ccc1C. The number of nitrogens with one attached hydrogen (secondary N) is 2. The van der Waals surface area contributed by atoms with Gasteiger partial charge in [0.05, 0.1) is 11.3 Å². The molecule has 0 saturated heterocycles. The van der Waals surface area contributed by atoms with Crippen LogP contribution in [0, 0.1) is 6.92 Å². The molecule has 0 radical (unpaired) electrons. The molecule has 5 nitrogen and oxygen atoms in total. The van der Waals surface area contributed by atoms with Crippen LogP contribution in [0.15, 0.2) is 36.4 Å². The molecule has 0 aliphatic heterocycles. The van der Waals surface area contributed by atoms with Crippen molar-refractivity contribution in [1.82, 2.24) is 0 Å². The molecule has 0 spiro atoms. The standard InChI is InChI=1S/C19H22N2O3/c1-13-6-7-14(10-17(13)20-2)4-3-5-15-8-9-16(19(23)24)18(11-15)21-12-22/h6-12,20H,3-5H2,1-2H3,(H,21,22)(H,23,24). The first-order valence-electron chi connectivity index (χ1n) is 7.89. The summed E-state index contributed by atoms with van der Waals surface area (Å²) in [6.45, 7) is 2.07. The summed E-state index contributed by atoms with van der Waals surface area (Å²) in [4.78, 5) is 21.8. The Morgan fingerprint density at radius 3 is 2.29 bits per heavy atom. The maximum atomic E-state index is 11.1. The molecule has 0 saturated carbocycles. The van der Waals surface area contributed by atoms with Gasteiger partial charge >= 0.3 is 5.97 Å². The molecule has 0 unspecified atom stereocenters. The molecule has 2 rings (SSSR count). The number of benzene rings is 2. The second kappa shape index (κ2) is 8.15. The monoisotopic (exact) mass is 326 g/mol. The molecule has 2 aromatic rings. The molecule has 1 amide bonds. The first kappa shape index (κ1) is 17.5. The van der Waals surface area contributed by atoms with Gasteiger partial charge in [-0.2, -0.15) is 0 Å². The summed E-state index contributed by atoms with van der Waals surface area (Å²) in [7, 11) is 1.91. The maximum absolute atomic E-state index is 11.1. The predicted octanol–water partition coefficient (Wildman–Crippen LogP) is 3.48. The van der Waals surface area contributed by atoms with Crippen molar-refractivity contribution in [2.75, 3.05) is 17.7 Å². The molecule has 5 heteroatoms. The lowest BCUT2D eigenvalue weighted by atomic mass is 10.0. The van der Waals surface area contributed by atoms with Gasteiger partial charge in [-0.25, -0.2) is 4.79 Å². The topological polar surface area (TPSA) is 78.4 Å². The van der Waals surface area contributed by atoms with Gasteiger partial charge in [0.1, 0.15) is 0 Å². The highest BCUT2D eigenvalue weighted by Gasteiger charge is 2.10. The molecule has 0 aliphatic carbocycles. The van der Waals surface area contributed by atoms with Crippen LogP contribution >= 0.6 is 0 Å². The number of carbonyl (C=O) groups is 2. The van der Waals surface area contributed by atoms with Gasteiger partial charge in [0.2, 0.25) is 6.41 Å². The number of amides is 1. The summed E-state index contributed by atoms with van der Waals surface area (Å²) in [5.74, 6) is -1.05. The fourth-order valence-corrected chi connectivity index (χ4v) is 2.71. The fraction of sp³-hybridized carbons (Fsp3) is 0.263. The highest BCUT2D eigenvalue weighted by molar-refractivity contribution is 5.96. The van der Waals surface area contributed by atoms with Gasteiger partial charge in [-0.05, 0) is 61.1 Å². The first-order chi connectivity index (χ1) is 11.5. The lowest BCUT2D eigenvalue weighted by Crippen LogP contribution is -2.05. The average Bonchev–Trinajstić information content (AvgIpc) is 2.56. The third kappa shape index (κ3) is 4.35. The van der Waals surface area contributed by atoms with Crippen LogP contribution in [0.5, 0.6) is 0 Å². The second-order valence-corrected chi connectivity index (χ2v) is 5.70. The van der Waals surface area contributed by atoms with E-state index in [1.165, 1.54) is 17.2 Å². The molecule has 0 fully saturated rings. The van der Waals surface area contributed by atoms with Gasteiger partial charge < -0.3 is 15.7 Å². The molecule has 0 bridgehead atoms. The van der Waals surface area contributed by atoms with Crippen molar-refractivity contribution >= 4 is 23.8 Å². The number of aromatic carboxylic acids is 1. The van der Waals surface area contributed by atoms with Gasteiger partial charge in [0, 0.05) is 12.7 Å². The van der Waals surface area contributed by atoms with E-state index in [0.29, 0.717) is 12.1 Å². The summed E-state index contributed by atoms with van der Waals surface area (Å²) < 4.78 is 0. The Morgan fingerprint density at radius 1 is 1.08 bits per heavy atom.